The van der Waals surface area contributed by atoms with Crippen LogP contribution in [0.5, 0.6) is 5.75 Å². The molecule has 9 heteroatoms. The normalized spacial score (nSPS) is 12.3. The quantitative estimate of drug-likeness (QED) is 0.278. The molecule has 1 N–H and O–H groups in total. The smallest absolute Gasteiger partial charge is 0.243 e. The molecule has 0 aliphatic carbocycles. The minimum atomic E-state index is -3.60. The Kier molecular flexibility index (Phi) is 11.6. The van der Waals surface area contributed by atoms with Crippen molar-refractivity contribution >= 4 is 27.5 Å². The summed E-state index contributed by atoms with van der Waals surface area (Å²) in [5.41, 5.74) is 1.86. The number of benzene rings is 3. The first-order chi connectivity index (χ1) is 19.9. The van der Waals surface area contributed by atoms with Gasteiger partial charge in [-0.05, 0) is 69.5 Å². The summed E-state index contributed by atoms with van der Waals surface area (Å²) >= 11 is 0. The highest BCUT2D eigenvalue weighted by Crippen LogP contribution is 2.23. The monoisotopic (exact) mass is 593 g/mol. The third-order valence-corrected chi connectivity index (χ3v) is 7.75. The zero-order valence-electron chi connectivity index (χ0n) is 25.2. The SMILES string of the molecule is CCOc1ccc(N(CCCC(=O)N(Cc2ccccc2)[C@@H](Cc2ccccc2)C(=O)NC(C)(C)C)S(C)(=O)=O)cc1. The van der Waals surface area contributed by atoms with Gasteiger partial charge in [-0.1, -0.05) is 60.7 Å². The van der Waals surface area contributed by atoms with E-state index in [0.29, 0.717) is 24.5 Å². The number of hydrogen-bond acceptors (Lipinski definition) is 5. The van der Waals surface area contributed by atoms with E-state index < -0.39 is 21.6 Å². The van der Waals surface area contributed by atoms with Crippen LogP contribution in [0.4, 0.5) is 5.69 Å². The average molecular weight is 594 g/mol. The molecule has 3 rings (SSSR count). The molecule has 0 aromatic heterocycles. The van der Waals surface area contributed by atoms with Crippen LogP contribution >= 0.6 is 0 Å². The minimum absolute atomic E-state index is 0.0734. The van der Waals surface area contributed by atoms with Crippen molar-refractivity contribution in [1.29, 1.82) is 0 Å². The van der Waals surface area contributed by atoms with E-state index in [0.717, 1.165) is 17.4 Å². The average Bonchev–Trinajstić information content (AvgIpc) is 2.93. The highest BCUT2D eigenvalue weighted by atomic mass is 32.2. The lowest BCUT2D eigenvalue weighted by Gasteiger charge is -2.34. The molecule has 0 aliphatic rings. The van der Waals surface area contributed by atoms with Crippen LogP contribution in [0, 0.1) is 0 Å². The summed E-state index contributed by atoms with van der Waals surface area (Å²) in [6.07, 6.45) is 1.86. The summed E-state index contributed by atoms with van der Waals surface area (Å²) in [5.74, 6) is 0.200. The van der Waals surface area contributed by atoms with Crippen molar-refractivity contribution in [3.63, 3.8) is 0 Å². The number of nitrogens with one attached hydrogen (secondary N) is 1. The molecule has 226 valence electrons. The van der Waals surface area contributed by atoms with Gasteiger partial charge in [-0.2, -0.15) is 0 Å². The van der Waals surface area contributed by atoms with Gasteiger partial charge >= 0.3 is 0 Å². The van der Waals surface area contributed by atoms with Crippen molar-refractivity contribution in [3.05, 3.63) is 96.1 Å². The number of carbonyl (C=O) groups excluding carboxylic acids is 2. The molecule has 2 amide bonds. The molecular formula is C33H43N3O5S. The van der Waals surface area contributed by atoms with Crippen LogP contribution < -0.4 is 14.4 Å². The second-order valence-electron chi connectivity index (χ2n) is 11.3. The Labute approximate surface area is 250 Å². The van der Waals surface area contributed by atoms with Crippen LogP contribution in [0.2, 0.25) is 0 Å². The highest BCUT2D eigenvalue weighted by Gasteiger charge is 2.32. The molecular weight excluding hydrogens is 550 g/mol. The molecule has 8 nitrogen and oxygen atoms in total. The molecule has 0 fully saturated rings. The Balaban J connectivity index is 1.86. The van der Waals surface area contributed by atoms with E-state index in [1.54, 1.807) is 29.2 Å². The lowest BCUT2D eigenvalue weighted by molar-refractivity contribution is -0.142. The zero-order chi connectivity index (χ0) is 30.8. The Bertz CT molecular complexity index is 1390. The minimum Gasteiger partial charge on any atom is -0.494 e. The number of nitrogens with zero attached hydrogens (tertiary/aromatic N) is 2. The maximum Gasteiger partial charge on any atom is 0.243 e. The van der Waals surface area contributed by atoms with Crippen LogP contribution in [0.3, 0.4) is 0 Å². The van der Waals surface area contributed by atoms with Gasteiger partial charge in [0.1, 0.15) is 11.8 Å². The van der Waals surface area contributed by atoms with E-state index in [4.69, 9.17) is 4.74 Å². The predicted octanol–water partition coefficient (Wildman–Crippen LogP) is 5.19. The van der Waals surface area contributed by atoms with E-state index in [1.807, 2.05) is 88.4 Å². The topological polar surface area (TPSA) is 96.0 Å². The number of amides is 2. The molecule has 3 aromatic rings. The fraction of sp³-hybridized carbons (Fsp3) is 0.394. The number of carbonyl (C=O) groups is 2. The van der Waals surface area contributed by atoms with Crippen LogP contribution in [0.1, 0.15) is 51.7 Å². The molecule has 0 heterocycles. The van der Waals surface area contributed by atoms with Crippen LogP contribution in [-0.2, 0) is 32.6 Å². The van der Waals surface area contributed by atoms with Gasteiger partial charge in [-0.15, -0.1) is 0 Å². The summed E-state index contributed by atoms with van der Waals surface area (Å²) in [6, 6.07) is 25.3. The molecule has 0 bridgehead atoms. The summed E-state index contributed by atoms with van der Waals surface area (Å²) in [7, 11) is -3.60. The van der Waals surface area contributed by atoms with E-state index in [-0.39, 0.29) is 37.7 Å². The van der Waals surface area contributed by atoms with Crippen LogP contribution in [0.25, 0.3) is 0 Å². The summed E-state index contributed by atoms with van der Waals surface area (Å²) in [6.45, 7) is 8.50. The second kappa shape index (κ2) is 14.9. The first-order valence-corrected chi connectivity index (χ1v) is 16.1. The standard InChI is InChI=1S/C33H43N3O5S/c1-6-41-29-21-19-28(20-22-29)36(42(5,39)40)23-13-18-31(37)35(25-27-16-11-8-12-17-27)30(32(38)34-33(2,3)4)24-26-14-9-7-10-15-26/h7-12,14-17,19-22,30H,6,13,18,23-25H2,1-5H3,(H,34,38)/t30-/m0/s1. The van der Waals surface area contributed by atoms with Gasteiger partial charge < -0.3 is 15.0 Å². The van der Waals surface area contributed by atoms with E-state index in [9.17, 15) is 18.0 Å². The maximum absolute atomic E-state index is 13.9. The van der Waals surface area contributed by atoms with Crippen molar-refractivity contribution in [2.75, 3.05) is 23.7 Å². The van der Waals surface area contributed by atoms with Gasteiger partial charge in [0, 0.05) is 31.5 Å². The second-order valence-corrected chi connectivity index (χ2v) is 13.2. The molecule has 42 heavy (non-hydrogen) atoms. The van der Waals surface area contributed by atoms with Gasteiger partial charge in [0.25, 0.3) is 0 Å². The van der Waals surface area contributed by atoms with Gasteiger partial charge in [-0.25, -0.2) is 8.42 Å². The molecule has 0 spiro atoms. The van der Waals surface area contributed by atoms with Crippen molar-refractivity contribution in [1.82, 2.24) is 10.2 Å². The van der Waals surface area contributed by atoms with Crippen molar-refractivity contribution < 1.29 is 22.7 Å². The molecule has 3 aromatic carbocycles. The first kappa shape index (κ1) is 32.7. The van der Waals surface area contributed by atoms with Gasteiger partial charge in [0.2, 0.25) is 21.8 Å². The number of ether oxygens (including phenoxy) is 1. The predicted molar refractivity (Wildman–Crippen MR) is 168 cm³/mol. The molecule has 0 aliphatic heterocycles. The van der Waals surface area contributed by atoms with E-state index in [1.165, 1.54) is 4.31 Å². The molecule has 0 saturated heterocycles. The molecule has 0 saturated carbocycles. The highest BCUT2D eigenvalue weighted by molar-refractivity contribution is 7.92. The Morgan fingerprint density at radius 3 is 1.98 bits per heavy atom. The number of sulfonamides is 1. The lowest BCUT2D eigenvalue weighted by Crippen LogP contribution is -2.54. The third-order valence-electron chi connectivity index (χ3n) is 6.55. The van der Waals surface area contributed by atoms with E-state index >= 15 is 0 Å². The fourth-order valence-electron chi connectivity index (χ4n) is 4.67. The number of rotatable bonds is 14. The molecule has 0 radical (unpaired) electrons. The summed E-state index contributed by atoms with van der Waals surface area (Å²) in [4.78, 5) is 29.2. The largest absolute Gasteiger partial charge is 0.494 e. The van der Waals surface area contributed by atoms with Crippen LogP contribution in [-0.4, -0.2) is 56.1 Å². The number of hydrogen-bond donors (Lipinski definition) is 1. The van der Waals surface area contributed by atoms with Crippen molar-refractivity contribution in [3.8, 4) is 5.75 Å². The Morgan fingerprint density at radius 2 is 1.45 bits per heavy atom. The zero-order valence-corrected chi connectivity index (χ0v) is 26.1. The molecule has 0 unspecified atom stereocenters. The van der Waals surface area contributed by atoms with Crippen LogP contribution in [0.15, 0.2) is 84.9 Å². The fourth-order valence-corrected chi connectivity index (χ4v) is 5.63. The summed E-state index contributed by atoms with van der Waals surface area (Å²) < 4.78 is 32.1. The third kappa shape index (κ3) is 10.2. The van der Waals surface area contributed by atoms with Crippen molar-refractivity contribution in [2.45, 2.75) is 65.1 Å². The summed E-state index contributed by atoms with van der Waals surface area (Å²) in [5, 5.41) is 3.06. The Hall–Kier alpha value is -3.85. The van der Waals surface area contributed by atoms with Gasteiger partial charge in [-0.3, -0.25) is 13.9 Å². The molecule has 1 atom stereocenters. The van der Waals surface area contributed by atoms with Crippen molar-refractivity contribution in [2.24, 2.45) is 0 Å². The maximum atomic E-state index is 13.9. The van der Waals surface area contributed by atoms with Gasteiger partial charge in [0.15, 0.2) is 0 Å². The lowest BCUT2D eigenvalue weighted by atomic mass is 10.00. The Morgan fingerprint density at radius 1 is 0.881 bits per heavy atom. The van der Waals surface area contributed by atoms with Gasteiger partial charge in [0.05, 0.1) is 18.6 Å². The van der Waals surface area contributed by atoms with E-state index in [2.05, 4.69) is 5.32 Å². The first-order valence-electron chi connectivity index (χ1n) is 14.3. The number of anilines is 1.